The summed E-state index contributed by atoms with van der Waals surface area (Å²) in [6, 6.07) is 23.2. The molecule has 3 rings (SSSR count). The van der Waals surface area contributed by atoms with Crippen LogP contribution in [0.1, 0.15) is 21.5 Å². The van der Waals surface area contributed by atoms with E-state index in [-0.39, 0.29) is 0 Å². The van der Waals surface area contributed by atoms with E-state index in [1.165, 1.54) is 0 Å². The number of nitriles is 1. The average Bonchev–Trinajstić information content (AvgIpc) is 2.68. The minimum atomic E-state index is -0.443. The van der Waals surface area contributed by atoms with E-state index in [1.807, 2.05) is 6.07 Å². The van der Waals surface area contributed by atoms with Crippen LogP contribution in [0.5, 0.6) is 5.75 Å². The van der Waals surface area contributed by atoms with E-state index in [9.17, 15) is 10.1 Å². The first-order valence-corrected chi connectivity index (χ1v) is 9.18. The highest BCUT2D eigenvalue weighted by atomic mass is 79.9. The number of carbonyl (C=O) groups is 1. The maximum Gasteiger partial charge on any atom is 0.343 e. The second-order valence-corrected chi connectivity index (χ2v) is 7.00. The molecular formula is C22H13BrClNO2. The van der Waals surface area contributed by atoms with Crippen molar-refractivity contribution in [2.75, 3.05) is 0 Å². The molecule has 3 aromatic carbocycles. The van der Waals surface area contributed by atoms with Gasteiger partial charge in [-0.25, -0.2) is 4.79 Å². The summed E-state index contributed by atoms with van der Waals surface area (Å²) in [5.41, 5.74) is 2.46. The Hall–Kier alpha value is -2.87. The summed E-state index contributed by atoms with van der Waals surface area (Å²) >= 11 is 9.23. The molecule has 0 aliphatic carbocycles. The van der Waals surface area contributed by atoms with E-state index in [0.29, 0.717) is 21.9 Å². The number of rotatable bonds is 4. The van der Waals surface area contributed by atoms with Gasteiger partial charge in [0.2, 0.25) is 0 Å². The minimum Gasteiger partial charge on any atom is -0.423 e. The highest BCUT2D eigenvalue weighted by Crippen LogP contribution is 2.22. The summed E-state index contributed by atoms with van der Waals surface area (Å²) in [4.78, 5) is 12.3. The smallest absolute Gasteiger partial charge is 0.343 e. The fraction of sp³-hybridized carbons (Fsp3) is 0. The lowest BCUT2D eigenvalue weighted by molar-refractivity contribution is 0.0735. The van der Waals surface area contributed by atoms with Crippen LogP contribution in [-0.4, -0.2) is 5.97 Å². The zero-order chi connectivity index (χ0) is 19.2. The van der Waals surface area contributed by atoms with E-state index in [2.05, 4.69) is 22.0 Å². The summed E-state index contributed by atoms with van der Waals surface area (Å²) in [6.07, 6.45) is 1.74. The molecule has 0 saturated heterocycles. The van der Waals surface area contributed by atoms with E-state index in [0.717, 1.165) is 15.6 Å². The second-order valence-electron chi connectivity index (χ2n) is 5.65. The Morgan fingerprint density at radius 2 is 1.67 bits per heavy atom. The Bertz CT molecular complexity index is 1040. The molecule has 0 bridgehead atoms. The lowest BCUT2D eigenvalue weighted by Gasteiger charge is -2.06. The number of ether oxygens (including phenoxy) is 1. The number of carbonyl (C=O) groups excluding carboxylic acids is 1. The van der Waals surface area contributed by atoms with Gasteiger partial charge in [-0.2, -0.15) is 5.26 Å². The Labute approximate surface area is 170 Å². The molecule has 0 N–H and O–H groups in total. The average molecular weight is 439 g/mol. The van der Waals surface area contributed by atoms with Crippen LogP contribution in [0.2, 0.25) is 5.02 Å². The van der Waals surface area contributed by atoms with Crippen LogP contribution in [0, 0.1) is 11.3 Å². The molecule has 3 aromatic rings. The quantitative estimate of drug-likeness (QED) is 0.205. The van der Waals surface area contributed by atoms with E-state index in [1.54, 1.807) is 72.8 Å². The van der Waals surface area contributed by atoms with Crippen molar-refractivity contribution in [2.24, 2.45) is 0 Å². The first kappa shape index (κ1) is 18.9. The number of benzene rings is 3. The Morgan fingerprint density at radius 1 is 1.00 bits per heavy atom. The number of halogens is 2. The van der Waals surface area contributed by atoms with Crippen molar-refractivity contribution in [3.8, 4) is 11.8 Å². The lowest BCUT2D eigenvalue weighted by Crippen LogP contribution is -2.08. The number of nitrogens with zero attached hydrogens (tertiary/aromatic N) is 1. The van der Waals surface area contributed by atoms with Crippen LogP contribution in [0.3, 0.4) is 0 Å². The topological polar surface area (TPSA) is 50.1 Å². The molecule has 132 valence electrons. The molecular weight excluding hydrogens is 426 g/mol. The van der Waals surface area contributed by atoms with Crippen LogP contribution in [0.25, 0.3) is 11.6 Å². The van der Waals surface area contributed by atoms with E-state index in [4.69, 9.17) is 16.3 Å². The standard InChI is InChI=1S/C22H13BrClNO2/c23-19-8-4-17(5-9-19)22(26)27-21-3-1-2-15(13-21)12-18(14-25)16-6-10-20(24)11-7-16/h1-13H/b18-12-. The Morgan fingerprint density at radius 3 is 2.33 bits per heavy atom. The van der Waals surface area contributed by atoms with Gasteiger partial charge in [0, 0.05) is 9.50 Å². The van der Waals surface area contributed by atoms with E-state index >= 15 is 0 Å². The van der Waals surface area contributed by atoms with Crippen LogP contribution in [0.4, 0.5) is 0 Å². The summed E-state index contributed by atoms with van der Waals surface area (Å²) in [5.74, 6) is -0.0353. The number of hydrogen-bond acceptors (Lipinski definition) is 3. The monoisotopic (exact) mass is 437 g/mol. The maximum atomic E-state index is 12.3. The van der Waals surface area contributed by atoms with Crippen molar-refractivity contribution in [2.45, 2.75) is 0 Å². The summed E-state index contributed by atoms with van der Waals surface area (Å²) in [7, 11) is 0. The van der Waals surface area contributed by atoms with Crippen molar-refractivity contribution < 1.29 is 9.53 Å². The van der Waals surface area contributed by atoms with Gasteiger partial charge < -0.3 is 4.74 Å². The third-order valence-electron chi connectivity index (χ3n) is 3.74. The summed E-state index contributed by atoms with van der Waals surface area (Å²) < 4.78 is 6.32. The highest BCUT2D eigenvalue weighted by molar-refractivity contribution is 9.10. The largest absolute Gasteiger partial charge is 0.423 e. The molecule has 0 spiro atoms. The lowest BCUT2D eigenvalue weighted by atomic mass is 10.0. The molecule has 27 heavy (non-hydrogen) atoms. The van der Waals surface area contributed by atoms with Crippen molar-refractivity contribution >= 4 is 45.1 Å². The van der Waals surface area contributed by atoms with Gasteiger partial charge in [-0.15, -0.1) is 0 Å². The zero-order valence-electron chi connectivity index (χ0n) is 14.0. The molecule has 0 radical (unpaired) electrons. The van der Waals surface area contributed by atoms with Crippen molar-refractivity contribution in [1.29, 1.82) is 5.26 Å². The van der Waals surface area contributed by atoms with Gasteiger partial charge in [-0.1, -0.05) is 51.8 Å². The molecule has 0 fully saturated rings. The molecule has 0 aliphatic heterocycles. The maximum absolute atomic E-state index is 12.3. The number of esters is 1. The summed E-state index contributed by atoms with van der Waals surface area (Å²) in [6.45, 7) is 0. The molecule has 0 saturated carbocycles. The van der Waals surface area contributed by atoms with Crippen molar-refractivity contribution in [3.63, 3.8) is 0 Å². The molecule has 0 heterocycles. The molecule has 0 amide bonds. The third kappa shape index (κ3) is 5.07. The fourth-order valence-electron chi connectivity index (χ4n) is 2.40. The summed E-state index contributed by atoms with van der Waals surface area (Å²) in [5, 5.41) is 10.1. The van der Waals surface area contributed by atoms with Crippen molar-refractivity contribution in [1.82, 2.24) is 0 Å². The third-order valence-corrected chi connectivity index (χ3v) is 4.52. The molecule has 0 unspecified atom stereocenters. The minimum absolute atomic E-state index is 0.407. The van der Waals surface area contributed by atoms with Gasteiger partial charge in [-0.05, 0) is 65.7 Å². The predicted molar refractivity (Wildman–Crippen MR) is 110 cm³/mol. The van der Waals surface area contributed by atoms with Crippen LogP contribution >= 0.6 is 27.5 Å². The molecule has 0 atom stereocenters. The Balaban J connectivity index is 1.82. The first-order chi connectivity index (χ1) is 13.0. The van der Waals surface area contributed by atoms with Crippen LogP contribution in [0.15, 0.2) is 77.3 Å². The predicted octanol–water partition coefficient (Wildman–Crippen LogP) is 6.39. The Kier molecular flexibility index (Phi) is 6.08. The van der Waals surface area contributed by atoms with Crippen LogP contribution in [-0.2, 0) is 0 Å². The zero-order valence-corrected chi connectivity index (χ0v) is 16.4. The molecule has 5 heteroatoms. The first-order valence-electron chi connectivity index (χ1n) is 8.01. The van der Waals surface area contributed by atoms with Gasteiger partial charge in [0.1, 0.15) is 5.75 Å². The normalized spacial score (nSPS) is 10.9. The SMILES string of the molecule is N#C/C(=C/c1cccc(OC(=O)c2ccc(Br)cc2)c1)c1ccc(Cl)cc1. The molecule has 0 aromatic heterocycles. The number of allylic oxidation sites excluding steroid dienone is 1. The van der Waals surface area contributed by atoms with Gasteiger partial charge >= 0.3 is 5.97 Å². The number of hydrogen-bond donors (Lipinski definition) is 0. The van der Waals surface area contributed by atoms with Gasteiger partial charge in [0.15, 0.2) is 0 Å². The molecule has 0 aliphatic rings. The second kappa shape index (κ2) is 8.68. The van der Waals surface area contributed by atoms with Gasteiger partial charge in [-0.3, -0.25) is 0 Å². The highest BCUT2D eigenvalue weighted by Gasteiger charge is 2.09. The molecule has 3 nitrogen and oxygen atoms in total. The van der Waals surface area contributed by atoms with Crippen molar-refractivity contribution in [3.05, 3.63) is 99.0 Å². The van der Waals surface area contributed by atoms with Gasteiger partial charge in [0.25, 0.3) is 0 Å². The van der Waals surface area contributed by atoms with Crippen LogP contribution < -0.4 is 4.74 Å². The van der Waals surface area contributed by atoms with Gasteiger partial charge in [0.05, 0.1) is 17.2 Å². The fourth-order valence-corrected chi connectivity index (χ4v) is 2.79. The van der Waals surface area contributed by atoms with E-state index < -0.39 is 5.97 Å².